The third-order valence-corrected chi connectivity index (χ3v) is 5.24. The molecule has 0 spiro atoms. The Morgan fingerprint density at radius 2 is 2.35 bits per heavy atom. The first-order valence-electron chi connectivity index (χ1n) is 6.78. The van der Waals surface area contributed by atoms with E-state index in [1.54, 1.807) is 0 Å². The van der Waals surface area contributed by atoms with Crippen molar-refractivity contribution in [3.05, 3.63) is 46.2 Å². The maximum Gasteiger partial charge on any atom is 0.0537 e. The van der Waals surface area contributed by atoms with Crippen LogP contribution in [0.2, 0.25) is 5.02 Å². The third kappa shape index (κ3) is 2.73. The van der Waals surface area contributed by atoms with Crippen LogP contribution in [0.4, 0.5) is 0 Å². The SMILES string of the molecule is Cc1c(CNC2CCSc3ccc(Cl)cc32)cnn1C. The zero-order chi connectivity index (χ0) is 14.1. The molecule has 1 aromatic carbocycles. The van der Waals surface area contributed by atoms with E-state index in [1.165, 1.54) is 21.7 Å². The summed E-state index contributed by atoms with van der Waals surface area (Å²) >= 11 is 8.05. The number of hydrogen-bond acceptors (Lipinski definition) is 3. The Balaban J connectivity index is 1.76. The van der Waals surface area contributed by atoms with Crippen LogP contribution in [0.25, 0.3) is 0 Å². The van der Waals surface area contributed by atoms with Gasteiger partial charge in [0.05, 0.1) is 6.20 Å². The second kappa shape index (κ2) is 5.80. The number of aryl methyl sites for hydroxylation is 1. The van der Waals surface area contributed by atoms with Gasteiger partial charge < -0.3 is 5.32 Å². The second-order valence-corrected chi connectivity index (χ2v) is 6.70. The van der Waals surface area contributed by atoms with Gasteiger partial charge in [0, 0.05) is 40.8 Å². The van der Waals surface area contributed by atoms with Crippen molar-refractivity contribution in [1.82, 2.24) is 15.1 Å². The molecule has 1 aliphatic heterocycles. The van der Waals surface area contributed by atoms with Crippen LogP contribution in [0.3, 0.4) is 0 Å². The standard InChI is InChI=1S/C15H18ClN3S/c1-10-11(9-18-19(10)2)8-17-14-5-6-20-15-4-3-12(16)7-13(14)15/h3-4,7,9,14,17H,5-6,8H2,1-2H3. The second-order valence-electron chi connectivity index (χ2n) is 5.13. The molecular weight excluding hydrogens is 290 g/mol. The largest absolute Gasteiger partial charge is 0.306 e. The number of nitrogens with one attached hydrogen (secondary N) is 1. The molecule has 3 rings (SSSR count). The summed E-state index contributed by atoms with van der Waals surface area (Å²) in [5.74, 6) is 1.15. The molecule has 2 aromatic rings. The van der Waals surface area contributed by atoms with Gasteiger partial charge in [0.2, 0.25) is 0 Å². The molecule has 0 bridgehead atoms. The average molecular weight is 308 g/mol. The molecule has 0 saturated heterocycles. The minimum absolute atomic E-state index is 0.379. The zero-order valence-corrected chi connectivity index (χ0v) is 13.3. The topological polar surface area (TPSA) is 29.9 Å². The number of halogens is 1. The quantitative estimate of drug-likeness (QED) is 0.937. The highest BCUT2D eigenvalue weighted by molar-refractivity contribution is 7.99. The third-order valence-electron chi connectivity index (χ3n) is 3.89. The molecule has 1 aliphatic rings. The van der Waals surface area contributed by atoms with Crippen LogP contribution < -0.4 is 5.32 Å². The van der Waals surface area contributed by atoms with Gasteiger partial charge in [-0.15, -0.1) is 11.8 Å². The van der Waals surface area contributed by atoms with E-state index in [-0.39, 0.29) is 0 Å². The van der Waals surface area contributed by atoms with Gasteiger partial charge >= 0.3 is 0 Å². The van der Waals surface area contributed by atoms with Crippen molar-refractivity contribution in [3.8, 4) is 0 Å². The predicted molar refractivity (Wildman–Crippen MR) is 84.3 cm³/mol. The van der Waals surface area contributed by atoms with E-state index in [0.717, 1.165) is 23.7 Å². The lowest BCUT2D eigenvalue weighted by Crippen LogP contribution is -2.24. The number of rotatable bonds is 3. The van der Waals surface area contributed by atoms with Gasteiger partial charge in [0.1, 0.15) is 0 Å². The fourth-order valence-electron chi connectivity index (χ4n) is 2.53. The number of aromatic nitrogens is 2. The molecule has 0 aliphatic carbocycles. The summed E-state index contributed by atoms with van der Waals surface area (Å²) in [6.07, 6.45) is 3.08. The molecule has 1 atom stereocenters. The van der Waals surface area contributed by atoms with Gasteiger partial charge in [-0.05, 0) is 42.9 Å². The summed E-state index contributed by atoms with van der Waals surface area (Å²) in [5, 5.41) is 8.76. The van der Waals surface area contributed by atoms with Gasteiger partial charge in [-0.25, -0.2) is 0 Å². The monoisotopic (exact) mass is 307 g/mol. The first-order valence-corrected chi connectivity index (χ1v) is 8.14. The fraction of sp³-hybridized carbons (Fsp3) is 0.400. The van der Waals surface area contributed by atoms with E-state index in [4.69, 9.17) is 11.6 Å². The van der Waals surface area contributed by atoms with Crippen LogP contribution >= 0.6 is 23.4 Å². The Hall–Kier alpha value is -0.970. The molecule has 5 heteroatoms. The molecule has 1 unspecified atom stereocenters. The lowest BCUT2D eigenvalue weighted by atomic mass is 10.0. The Bertz CT molecular complexity index is 624. The summed E-state index contributed by atoms with van der Waals surface area (Å²) in [6.45, 7) is 2.95. The molecule has 1 aromatic heterocycles. The van der Waals surface area contributed by atoms with Crippen LogP contribution in [0.15, 0.2) is 29.3 Å². The Morgan fingerprint density at radius 1 is 1.50 bits per heavy atom. The van der Waals surface area contributed by atoms with E-state index in [2.05, 4.69) is 29.5 Å². The minimum Gasteiger partial charge on any atom is -0.306 e. The molecule has 0 radical (unpaired) electrons. The van der Waals surface area contributed by atoms with Crippen molar-refractivity contribution >= 4 is 23.4 Å². The first-order chi connectivity index (χ1) is 9.65. The Kier molecular flexibility index (Phi) is 4.06. The molecule has 20 heavy (non-hydrogen) atoms. The summed E-state index contributed by atoms with van der Waals surface area (Å²) < 4.78 is 1.92. The number of benzene rings is 1. The van der Waals surface area contributed by atoms with Crippen LogP contribution in [0.5, 0.6) is 0 Å². The van der Waals surface area contributed by atoms with E-state index in [1.807, 2.05) is 35.8 Å². The van der Waals surface area contributed by atoms with Gasteiger partial charge in [0.15, 0.2) is 0 Å². The van der Waals surface area contributed by atoms with Crippen molar-refractivity contribution < 1.29 is 0 Å². The number of thioether (sulfide) groups is 1. The van der Waals surface area contributed by atoms with Crippen molar-refractivity contribution in [1.29, 1.82) is 0 Å². The average Bonchev–Trinajstić information content (AvgIpc) is 2.76. The van der Waals surface area contributed by atoms with Crippen LogP contribution in [-0.4, -0.2) is 15.5 Å². The maximum absolute atomic E-state index is 6.14. The fourth-order valence-corrected chi connectivity index (χ4v) is 3.81. The summed E-state index contributed by atoms with van der Waals surface area (Å²) in [6, 6.07) is 6.58. The van der Waals surface area contributed by atoms with Gasteiger partial charge in [-0.1, -0.05) is 11.6 Å². The van der Waals surface area contributed by atoms with Crippen molar-refractivity contribution in [3.63, 3.8) is 0 Å². The van der Waals surface area contributed by atoms with E-state index < -0.39 is 0 Å². The highest BCUT2D eigenvalue weighted by atomic mass is 35.5. The Labute approximate surface area is 128 Å². The van der Waals surface area contributed by atoms with Crippen LogP contribution in [-0.2, 0) is 13.6 Å². The van der Waals surface area contributed by atoms with E-state index >= 15 is 0 Å². The van der Waals surface area contributed by atoms with Crippen molar-refractivity contribution in [2.24, 2.45) is 7.05 Å². The van der Waals surface area contributed by atoms with Crippen LogP contribution in [0.1, 0.15) is 29.3 Å². The molecule has 2 heterocycles. The number of nitrogens with zero attached hydrogens (tertiary/aromatic N) is 2. The molecule has 0 saturated carbocycles. The molecule has 1 N–H and O–H groups in total. The van der Waals surface area contributed by atoms with Crippen LogP contribution in [0, 0.1) is 6.92 Å². The van der Waals surface area contributed by atoms with E-state index in [0.29, 0.717) is 6.04 Å². The summed E-state index contributed by atoms with van der Waals surface area (Å²) in [7, 11) is 1.98. The van der Waals surface area contributed by atoms with Crippen molar-refractivity contribution in [2.45, 2.75) is 30.8 Å². The lowest BCUT2D eigenvalue weighted by Gasteiger charge is -2.26. The summed E-state index contributed by atoms with van der Waals surface area (Å²) in [5.41, 5.74) is 3.80. The predicted octanol–water partition coefficient (Wildman–Crippen LogP) is 3.71. The molecular formula is C15H18ClN3S. The van der Waals surface area contributed by atoms with Gasteiger partial charge in [-0.3, -0.25) is 4.68 Å². The van der Waals surface area contributed by atoms with E-state index in [9.17, 15) is 0 Å². The van der Waals surface area contributed by atoms with Crippen molar-refractivity contribution in [2.75, 3.05) is 5.75 Å². The van der Waals surface area contributed by atoms with Gasteiger partial charge in [-0.2, -0.15) is 5.10 Å². The molecule has 106 valence electrons. The number of fused-ring (bicyclic) bond motifs is 1. The maximum atomic E-state index is 6.14. The van der Waals surface area contributed by atoms with Gasteiger partial charge in [0.25, 0.3) is 0 Å². The summed E-state index contributed by atoms with van der Waals surface area (Å²) in [4.78, 5) is 1.35. The number of hydrogen-bond donors (Lipinski definition) is 1. The highest BCUT2D eigenvalue weighted by Gasteiger charge is 2.21. The smallest absolute Gasteiger partial charge is 0.0537 e. The molecule has 3 nitrogen and oxygen atoms in total. The normalized spacial score (nSPS) is 18.1. The highest BCUT2D eigenvalue weighted by Crippen LogP contribution is 2.37. The first kappa shape index (κ1) is 14.0. The lowest BCUT2D eigenvalue weighted by molar-refractivity contribution is 0.509. The zero-order valence-electron chi connectivity index (χ0n) is 11.7. The molecule has 0 fully saturated rings. The Morgan fingerprint density at radius 3 is 3.10 bits per heavy atom. The molecule has 0 amide bonds. The minimum atomic E-state index is 0.379.